The molecule has 2 rings (SSSR count). The summed E-state index contributed by atoms with van der Waals surface area (Å²) in [5.41, 5.74) is 0.984. The fourth-order valence-corrected chi connectivity index (χ4v) is 4.67. The van der Waals surface area contributed by atoms with Gasteiger partial charge in [-0.05, 0) is 31.0 Å². The molecular weight excluding hydrogens is 380 g/mol. The Kier molecular flexibility index (Phi) is 8.44. The van der Waals surface area contributed by atoms with Gasteiger partial charge in [0.1, 0.15) is 12.0 Å². The molecule has 0 spiro atoms. The van der Waals surface area contributed by atoms with Crippen LogP contribution in [0.25, 0.3) is 0 Å². The van der Waals surface area contributed by atoms with Gasteiger partial charge in [0, 0.05) is 26.7 Å². The van der Waals surface area contributed by atoms with E-state index >= 15 is 0 Å². The first kappa shape index (κ1) is 22.4. The molecule has 1 saturated heterocycles. The number of carbonyl (C=O) groups excluding carboxylic acids is 2. The second-order valence-electron chi connectivity index (χ2n) is 6.44. The van der Waals surface area contributed by atoms with Crippen molar-refractivity contribution in [3.63, 3.8) is 0 Å². The van der Waals surface area contributed by atoms with Crippen molar-refractivity contribution in [2.45, 2.75) is 30.9 Å². The second kappa shape index (κ2) is 10.6. The number of rotatable bonds is 10. The minimum absolute atomic E-state index is 0.0488. The monoisotopic (exact) mass is 410 g/mol. The van der Waals surface area contributed by atoms with E-state index in [1.807, 2.05) is 36.9 Å². The zero-order chi connectivity index (χ0) is 20.7. The quantitative estimate of drug-likeness (QED) is 0.591. The molecular formula is C20H30N2O5S. The van der Waals surface area contributed by atoms with Gasteiger partial charge in [-0.25, -0.2) is 0 Å². The lowest BCUT2D eigenvalue weighted by atomic mass is 10.1. The highest BCUT2D eigenvalue weighted by Crippen LogP contribution is 2.45. The first-order valence-corrected chi connectivity index (χ1v) is 10.4. The van der Waals surface area contributed by atoms with Gasteiger partial charge < -0.3 is 24.0 Å². The van der Waals surface area contributed by atoms with Gasteiger partial charge in [-0.15, -0.1) is 11.8 Å². The molecule has 1 aliphatic heterocycles. The molecule has 0 N–H and O–H groups in total. The lowest BCUT2D eigenvalue weighted by Gasteiger charge is -2.28. The van der Waals surface area contributed by atoms with E-state index in [2.05, 4.69) is 0 Å². The van der Waals surface area contributed by atoms with Crippen molar-refractivity contribution in [3.8, 4) is 11.5 Å². The number of ether oxygens (including phenoxy) is 3. The number of carbonyl (C=O) groups is 2. The molecule has 0 bridgehead atoms. The highest BCUT2D eigenvalue weighted by molar-refractivity contribution is 8.01. The van der Waals surface area contributed by atoms with E-state index in [-0.39, 0.29) is 29.0 Å². The largest absolute Gasteiger partial charge is 0.493 e. The van der Waals surface area contributed by atoms with Crippen molar-refractivity contribution in [3.05, 3.63) is 23.8 Å². The van der Waals surface area contributed by atoms with Gasteiger partial charge in [-0.1, -0.05) is 13.0 Å². The summed E-state index contributed by atoms with van der Waals surface area (Å²) in [6.45, 7) is 5.53. The van der Waals surface area contributed by atoms with Gasteiger partial charge >= 0.3 is 0 Å². The van der Waals surface area contributed by atoms with Crippen molar-refractivity contribution >= 4 is 23.6 Å². The number of hydrogen-bond acceptors (Lipinski definition) is 6. The molecule has 1 aromatic carbocycles. The molecule has 0 saturated carbocycles. The molecule has 1 aliphatic rings. The van der Waals surface area contributed by atoms with Crippen LogP contribution in [-0.4, -0.2) is 74.4 Å². The molecule has 8 heteroatoms. The summed E-state index contributed by atoms with van der Waals surface area (Å²) >= 11 is 1.64. The molecule has 28 heavy (non-hydrogen) atoms. The van der Waals surface area contributed by atoms with E-state index in [0.29, 0.717) is 31.1 Å². The third-order valence-electron chi connectivity index (χ3n) is 4.81. The minimum atomic E-state index is -0.117. The molecule has 0 aromatic heterocycles. The molecule has 1 heterocycles. The van der Waals surface area contributed by atoms with Crippen LogP contribution in [0.1, 0.15) is 31.2 Å². The fourth-order valence-electron chi connectivity index (χ4n) is 3.25. The SMILES string of the molecule is CC[C@H]1S[C@H](c2ccc(OC)c(OC)c2)N(CCN(CC)C(=O)COC)C1=O. The van der Waals surface area contributed by atoms with Crippen LogP contribution in [0.3, 0.4) is 0 Å². The number of thioether (sulfide) groups is 1. The maximum atomic E-state index is 12.9. The smallest absolute Gasteiger partial charge is 0.248 e. The Labute approximate surface area is 171 Å². The predicted octanol–water partition coefficient (Wildman–Crippen LogP) is 2.55. The lowest BCUT2D eigenvalue weighted by molar-refractivity contribution is -0.137. The van der Waals surface area contributed by atoms with Crippen LogP contribution in [0, 0.1) is 0 Å². The van der Waals surface area contributed by atoms with Crippen molar-refractivity contribution in [1.29, 1.82) is 0 Å². The fraction of sp³-hybridized carbons (Fsp3) is 0.600. The molecule has 0 unspecified atom stereocenters. The lowest BCUT2D eigenvalue weighted by Crippen LogP contribution is -2.42. The van der Waals surface area contributed by atoms with Gasteiger partial charge in [0.15, 0.2) is 11.5 Å². The Hall–Kier alpha value is -1.93. The Balaban J connectivity index is 2.22. The summed E-state index contributed by atoms with van der Waals surface area (Å²) in [5.74, 6) is 1.33. The van der Waals surface area contributed by atoms with Crippen molar-refractivity contribution in [2.24, 2.45) is 0 Å². The Morgan fingerprint density at radius 2 is 1.89 bits per heavy atom. The van der Waals surface area contributed by atoms with Crippen molar-refractivity contribution in [2.75, 3.05) is 47.6 Å². The molecule has 0 radical (unpaired) electrons. The highest BCUT2D eigenvalue weighted by Gasteiger charge is 2.40. The van der Waals surface area contributed by atoms with E-state index in [9.17, 15) is 9.59 Å². The topological polar surface area (TPSA) is 68.3 Å². The maximum Gasteiger partial charge on any atom is 0.248 e. The van der Waals surface area contributed by atoms with Crippen molar-refractivity contribution in [1.82, 2.24) is 9.80 Å². The van der Waals surface area contributed by atoms with E-state index < -0.39 is 0 Å². The number of benzene rings is 1. The molecule has 1 aromatic rings. The number of nitrogens with zero attached hydrogens (tertiary/aromatic N) is 2. The van der Waals surface area contributed by atoms with E-state index in [1.165, 1.54) is 7.11 Å². The van der Waals surface area contributed by atoms with E-state index in [1.54, 1.807) is 30.9 Å². The zero-order valence-corrected chi connectivity index (χ0v) is 18.1. The number of amides is 2. The van der Waals surface area contributed by atoms with E-state index in [4.69, 9.17) is 14.2 Å². The molecule has 7 nitrogen and oxygen atoms in total. The van der Waals surface area contributed by atoms with Crippen LogP contribution < -0.4 is 9.47 Å². The van der Waals surface area contributed by atoms with Crippen LogP contribution in [0.5, 0.6) is 11.5 Å². The van der Waals surface area contributed by atoms with Gasteiger partial charge in [-0.3, -0.25) is 9.59 Å². The number of methoxy groups -OCH3 is 3. The van der Waals surface area contributed by atoms with E-state index in [0.717, 1.165) is 12.0 Å². The van der Waals surface area contributed by atoms with Gasteiger partial charge in [-0.2, -0.15) is 0 Å². The van der Waals surface area contributed by atoms with Gasteiger partial charge in [0.2, 0.25) is 11.8 Å². The van der Waals surface area contributed by atoms with Crippen LogP contribution in [-0.2, 0) is 14.3 Å². The summed E-state index contributed by atoms with van der Waals surface area (Å²) in [6, 6.07) is 5.74. The average Bonchev–Trinajstić information content (AvgIpc) is 3.03. The summed E-state index contributed by atoms with van der Waals surface area (Å²) in [7, 11) is 4.70. The zero-order valence-electron chi connectivity index (χ0n) is 17.3. The van der Waals surface area contributed by atoms with Gasteiger partial charge in [0.25, 0.3) is 0 Å². The molecule has 0 aliphatic carbocycles. The van der Waals surface area contributed by atoms with Crippen LogP contribution >= 0.6 is 11.8 Å². The van der Waals surface area contributed by atoms with Crippen molar-refractivity contribution < 1.29 is 23.8 Å². The summed E-state index contributed by atoms with van der Waals surface area (Å²) in [5, 5.41) is -0.198. The summed E-state index contributed by atoms with van der Waals surface area (Å²) < 4.78 is 15.7. The number of likely N-dealkylation sites (N-methyl/N-ethyl adjacent to an activating group) is 1. The highest BCUT2D eigenvalue weighted by atomic mass is 32.2. The van der Waals surface area contributed by atoms with Crippen LogP contribution in [0.15, 0.2) is 18.2 Å². The molecule has 2 atom stereocenters. The first-order valence-electron chi connectivity index (χ1n) is 9.45. The summed E-state index contributed by atoms with van der Waals surface area (Å²) in [6.07, 6.45) is 0.768. The Morgan fingerprint density at radius 3 is 2.46 bits per heavy atom. The summed E-state index contributed by atoms with van der Waals surface area (Å²) in [4.78, 5) is 28.6. The Bertz CT molecular complexity index is 685. The third kappa shape index (κ3) is 4.91. The Morgan fingerprint density at radius 1 is 1.18 bits per heavy atom. The second-order valence-corrected chi connectivity index (χ2v) is 7.73. The average molecular weight is 411 g/mol. The van der Waals surface area contributed by atoms with Crippen LogP contribution in [0.2, 0.25) is 0 Å². The first-order chi connectivity index (χ1) is 13.5. The minimum Gasteiger partial charge on any atom is -0.493 e. The number of hydrogen-bond donors (Lipinski definition) is 0. The molecule has 156 valence electrons. The standard InChI is InChI=1S/C20H30N2O5S/c1-6-17-19(24)22(11-10-21(7-2)18(23)13-25-3)20(28-17)14-8-9-15(26-4)16(12-14)27-5/h8-9,12,17,20H,6-7,10-11,13H2,1-5H3/t17-,20-/m1/s1. The predicted molar refractivity (Wildman–Crippen MR) is 110 cm³/mol. The third-order valence-corrected chi connectivity index (χ3v) is 6.46. The maximum absolute atomic E-state index is 12.9. The molecule has 2 amide bonds. The van der Waals surface area contributed by atoms with Crippen LogP contribution in [0.4, 0.5) is 0 Å². The molecule has 1 fully saturated rings. The normalized spacial score (nSPS) is 19.0. The van der Waals surface area contributed by atoms with Gasteiger partial charge in [0.05, 0.1) is 19.5 Å².